The minimum absolute atomic E-state index is 0.210. The number of halogens is 2. The molecule has 0 saturated carbocycles. The zero-order chi connectivity index (χ0) is 21.0. The molecule has 0 N–H and O–H groups in total. The van der Waals surface area contributed by atoms with Crippen LogP contribution in [0.3, 0.4) is 0 Å². The third-order valence-electron chi connectivity index (χ3n) is 3.79. The van der Waals surface area contributed by atoms with Gasteiger partial charge in [0.15, 0.2) is 10.9 Å². The largest absolute Gasteiger partial charge is 0.481 e. The number of nitrogens with zero attached hydrogens (tertiary/aromatic N) is 1. The maximum absolute atomic E-state index is 13.0. The number of benzene rings is 2. The Balaban J connectivity index is 1.87. The summed E-state index contributed by atoms with van der Waals surface area (Å²) in [7, 11) is 0. The van der Waals surface area contributed by atoms with E-state index in [1.54, 1.807) is 25.1 Å². The van der Waals surface area contributed by atoms with E-state index in [1.165, 1.54) is 16.7 Å². The number of thiocarbonyl (C=S) groups is 1. The molecule has 0 radical (unpaired) electrons. The maximum Gasteiger partial charge on any atom is 0.344 e. The van der Waals surface area contributed by atoms with Gasteiger partial charge in [-0.1, -0.05) is 55.8 Å². The Hall–Kier alpha value is -1.68. The van der Waals surface area contributed by atoms with Crippen molar-refractivity contribution >= 4 is 83.8 Å². The van der Waals surface area contributed by atoms with Crippen LogP contribution in [-0.4, -0.2) is 29.4 Å². The highest BCUT2D eigenvalue weighted by Crippen LogP contribution is 2.38. The lowest BCUT2D eigenvalue weighted by molar-refractivity contribution is -0.145. The third-order valence-corrected chi connectivity index (χ3v) is 6.11. The average molecular weight is 557 g/mol. The van der Waals surface area contributed by atoms with E-state index in [-0.39, 0.29) is 19.1 Å². The zero-order valence-electron chi connectivity index (χ0n) is 15.2. The predicted molar refractivity (Wildman–Crippen MR) is 126 cm³/mol. The van der Waals surface area contributed by atoms with Crippen LogP contribution in [-0.2, 0) is 14.3 Å². The SMILES string of the molecule is CCOC(=O)COc1ccc(Br)cc1/C=C1/SC(=S)N(c2ccc(Br)cc2)C1=O. The van der Waals surface area contributed by atoms with Gasteiger partial charge in [-0.2, -0.15) is 0 Å². The number of amides is 1. The smallest absolute Gasteiger partial charge is 0.344 e. The Kier molecular flexibility index (Phi) is 7.50. The summed E-state index contributed by atoms with van der Waals surface area (Å²) in [5.41, 5.74) is 1.35. The van der Waals surface area contributed by atoms with Gasteiger partial charge in [0.1, 0.15) is 5.75 Å². The van der Waals surface area contributed by atoms with Crippen molar-refractivity contribution in [3.05, 3.63) is 61.9 Å². The Bertz CT molecular complexity index is 992. The molecule has 29 heavy (non-hydrogen) atoms. The summed E-state index contributed by atoms with van der Waals surface area (Å²) in [5, 5.41) is 0. The highest BCUT2D eigenvalue weighted by atomic mass is 79.9. The summed E-state index contributed by atoms with van der Waals surface area (Å²) >= 11 is 13.4. The van der Waals surface area contributed by atoms with Crippen LogP contribution in [0.4, 0.5) is 5.69 Å². The lowest BCUT2D eigenvalue weighted by atomic mass is 10.2. The van der Waals surface area contributed by atoms with Crippen LogP contribution in [0.5, 0.6) is 5.75 Å². The van der Waals surface area contributed by atoms with Crippen LogP contribution in [0.1, 0.15) is 12.5 Å². The number of ether oxygens (including phenoxy) is 2. The van der Waals surface area contributed by atoms with E-state index in [0.717, 1.165) is 8.95 Å². The first-order chi connectivity index (χ1) is 13.9. The van der Waals surface area contributed by atoms with E-state index < -0.39 is 5.97 Å². The van der Waals surface area contributed by atoms with E-state index in [0.29, 0.717) is 26.2 Å². The van der Waals surface area contributed by atoms with Crippen LogP contribution >= 0.6 is 55.8 Å². The second-order valence-corrected chi connectivity index (χ2v) is 9.28. The van der Waals surface area contributed by atoms with Crippen molar-refractivity contribution in [2.75, 3.05) is 18.1 Å². The van der Waals surface area contributed by atoms with E-state index in [4.69, 9.17) is 21.7 Å². The normalized spacial score (nSPS) is 15.1. The van der Waals surface area contributed by atoms with Crippen molar-refractivity contribution in [1.82, 2.24) is 0 Å². The van der Waals surface area contributed by atoms with Crippen molar-refractivity contribution in [1.29, 1.82) is 0 Å². The minimum atomic E-state index is -0.456. The fourth-order valence-electron chi connectivity index (χ4n) is 2.52. The summed E-state index contributed by atoms with van der Waals surface area (Å²) in [6, 6.07) is 12.7. The standard InChI is InChI=1S/C20H15Br2NO4S2/c1-2-26-18(24)11-27-16-8-5-14(22)9-12(16)10-17-19(25)23(20(28)29-17)15-6-3-13(21)4-7-15/h3-10H,2,11H2,1H3/b17-10+. The van der Waals surface area contributed by atoms with Gasteiger partial charge in [0.05, 0.1) is 17.2 Å². The first-order valence-electron chi connectivity index (χ1n) is 8.50. The van der Waals surface area contributed by atoms with Crippen molar-refractivity contribution < 1.29 is 19.1 Å². The molecule has 3 rings (SSSR count). The zero-order valence-corrected chi connectivity index (χ0v) is 20.0. The van der Waals surface area contributed by atoms with Crippen LogP contribution in [0.25, 0.3) is 6.08 Å². The van der Waals surface area contributed by atoms with E-state index in [2.05, 4.69) is 31.9 Å². The number of carbonyl (C=O) groups excluding carboxylic acids is 2. The Labute approximate surface area is 194 Å². The van der Waals surface area contributed by atoms with Crippen molar-refractivity contribution in [2.45, 2.75) is 6.92 Å². The molecular weight excluding hydrogens is 542 g/mol. The van der Waals surface area contributed by atoms with Crippen molar-refractivity contribution in [2.24, 2.45) is 0 Å². The monoisotopic (exact) mass is 555 g/mol. The lowest BCUT2D eigenvalue weighted by Crippen LogP contribution is -2.27. The van der Waals surface area contributed by atoms with Crippen LogP contribution in [0, 0.1) is 0 Å². The molecule has 0 aromatic heterocycles. The fourth-order valence-corrected chi connectivity index (χ4v) is 4.46. The molecule has 0 atom stereocenters. The number of hydrogen-bond donors (Lipinski definition) is 0. The number of esters is 1. The Morgan fingerprint density at radius 1 is 1.17 bits per heavy atom. The molecule has 2 aromatic carbocycles. The van der Waals surface area contributed by atoms with Gasteiger partial charge in [-0.05, 0) is 55.5 Å². The van der Waals surface area contributed by atoms with Gasteiger partial charge in [-0.3, -0.25) is 9.69 Å². The van der Waals surface area contributed by atoms with Crippen LogP contribution < -0.4 is 9.64 Å². The van der Waals surface area contributed by atoms with Gasteiger partial charge in [-0.15, -0.1) is 0 Å². The third kappa shape index (κ3) is 5.48. The molecule has 0 aliphatic carbocycles. The Morgan fingerprint density at radius 3 is 2.55 bits per heavy atom. The number of thioether (sulfide) groups is 1. The fraction of sp³-hybridized carbons (Fsp3) is 0.150. The average Bonchev–Trinajstić information content (AvgIpc) is 2.95. The summed E-state index contributed by atoms with van der Waals surface area (Å²) in [6.07, 6.45) is 1.71. The molecule has 1 amide bonds. The molecule has 1 aliphatic rings. The summed E-state index contributed by atoms with van der Waals surface area (Å²) in [5.74, 6) is -0.197. The summed E-state index contributed by atoms with van der Waals surface area (Å²) < 4.78 is 12.7. The molecule has 1 heterocycles. The number of carbonyl (C=O) groups is 2. The summed E-state index contributed by atoms with van der Waals surface area (Å²) in [4.78, 5) is 26.5. The molecule has 1 aliphatic heterocycles. The molecule has 0 unspecified atom stereocenters. The molecule has 9 heteroatoms. The molecule has 0 spiro atoms. The van der Waals surface area contributed by atoms with Crippen LogP contribution in [0.2, 0.25) is 0 Å². The molecule has 1 saturated heterocycles. The van der Waals surface area contributed by atoms with Gasteiger partial charge >= 0.3 is 5.97 Å². The molecule has 1 fully saturated rings. The number of anilines is 1. The van der Waals surface area contributed by atoms with E-state index >= 15 is 0 Å². The number of rotatable bonds is 6. The molecule has 150 valence electrons. The van der Waals surface area contributed by atoms with Gasteiger partial charge < -0.3 is 9.47 Å². The van der Waals surface area contributed by atoms with Gasteiger partial charge in [0, 0.05) is 14.5 Å². The van der Waals surface area contributed by atoms with Gasteiger partial charge in [0.2, 0.25) is 0 Å². The highest BCUT2D eigenvalue weighted by molar-refractivity contribution is 9.10. The van der Waals surface area contributed by atoms with E-state index in [1.807, 2.05) is 30.3 Å². The van der Waals surface area contributed by atoms with E-state index in [9.17, 15) is 9.59 Å². The second-order valence-electron chi connectivity index (χ2n) is 5.77. The first-order valence-corrected chi connectivity index (χ1v) is 11.3. The molecular formula is C20H15Br2NO4S2. The molecule has 2 aromatic rings. The second kappa shape index (κ2) is 9.88. The maximum atomic E-state index is 13.0. The van der Waals surface area contributed by atoms with Gasteiger partial charge in [-0.25, -0.2) is 4.79 Å². The molecule has 0 bridgehead atoms. The Morgan fingerprint density at radius 2 is 1.86 bits per heavy atom. The van der Waals surface area contributed by atoms with Gasteiger partial charge in [0.25, 0.3) is 5.91 Å². The number of hydrogen-bond acceptors (Lipinski definition) is 6. The quantitative estimate of drug-likeness (QED) is 0.264. The van der Waals surface area contributed by atoms with Crippen molar-refractivity contribution in [3.63, 3.8) is 0 Å². The predicted octanol–water partition coefficient (Wildman–Crippen LogP) is 5.56. The topological polar surface area (TPSA) is 55.8 Å². The first kappa shape index (κ1) is 22.0. The highest BCUT2D eigenvalue weighted by Gasteiger charge is 2.33. The lowest BCUT2D eigenvalue weighted by Gasteiger charge is -2.14. The molecule has 5 nitrogen and oxygen atoms in total. The minimum Gasteiger partial charge on any atom is -0.481 e. The van der Waals surface area contributed by atoms with Crippen molar-refractivity contribution in [3.8, 4) is 5.75 Å². The summed E-state index contributed by atoms with van der Waals surface area (Å²) in [6.45, 7) is 1.81. The van der Waals surface area contributed by atoms with Crippen LogP contribution in [0.15, 0.2) is 56.3 Å².